The van der Waals surface area contributed by atoms with Crippen molar-refractivity contribution in [3.63, 3.8) is 0 Å². The van der Waals surface area contributed by atoms with Crippen molar-refractivity contribution in [3.05, 3.63) is 29.3 Å². The van der Waals surface area contributed by atoms with Gasteiger partial charge < -0.3 is 4.43 Å². The summed E-state index contributed by atoms with van der Waals surface area (Å²) in [5.74, 6) is 1.06. The van der Waals surface area contributed by atoms with Crippen LogP contribution in [-0.2, 0) is 0 Å². The maximum absolute atomic E-state index is 6.46. The first-order valence-electron chi connectivity index (χ1n) is 6.65. The van der Waals surface area contributed by atoms with Gasteiger partial charge in [0.15, 0.2) is 0 Å². The molecule has 0 bridgehead atoms. The predicted molar refractivity (Wildman–Crippen MR) is 81.7 cm³/mol. The lowest BCUT2D eigenvalue weighted by Crippen LogP contribution is -2.41. The summed E-state index contributed by atoms with van der Waals surface area (Å²) in [5, 5.41) is 0.443. The Morgan fingerprint density at radius 3 is 1.83 bits per heavy atom. The van der Waals surface area contributed by atoms with Gasteiger partial charge in [0.2, 0.25) is 0 Å². The SMILES string of the molecule is Cc1cccc(O[Si](C(C)(C)C)C(C)(C)C)c1C. The van der Waals surface area contributed by atoms with E-state index in [0.29, 0.717) is 0 Å². The molecule has 2 heteroatoms. The van der Waals surface area contributed by atoms with Crippen molar-refractivity contribution in [2.45, 2.75) is 65.5 Å². The Balaban J connectivity index is 3.09. The smallest absolute Gasteiger partial charge is 0.292 e. The van der Waals surface area contributed by atoms with Crippen molar-refractivity contribution in [2.75, 3.05) is 0 Å². The molecule has 0 fully saturated rings. The van der Waals surface area contributed by atoms with E-state index in [2.05, 4.69) is 73.6 Å². The molecule has 1 aromatic carbocycles. The molecule has 1 nitrogen and oxygen atoms in total. The molecule has 0 aromatic heterocycles. The lowest BCUT2D eigenvalue weighted by molar-refractivity contribution is 0.459. The van der Waals surface area contributed by atoms with Gasteiger partial charge in [-0.3, -0.25) is 0 Å². The minimum atomic E-state index is -0.967. The molecule has 1 rings (SSSR count). The van der Waals surface area contributed by atoms with E-state index in [-0.39, 0.29) is 10.1 Å². The van der Waals surface area contributed by atoms with Crippen molar-refractivity contribution < 1.29 is 4.43 Å². The van der Waals surface area contributed by atoms with Crippen LogP contribution in [0.2, 0.25) is 10.1 Å². The zero-order valence-corrected chi connectivity index (χ0v) is 14.1. The quantitative estimate of drug-likeness (QED) is 0.660. The third-order valence-electron chi connectivity index (χ3n) is 3.13. The summed E-state index contributed by atoms with van der Waals surface area (Å²) in [5.41, 5.74) is 2.57. The van der Waals surface area contributed by atoms with E-state index in [4.69, 9.17) is 4.43 Å². The maximum atomic E-state index is 6.46. The molecule has 0 atom stereocenters. The largest absolute Gasteiger partial charge is 0.541 e. The summed E-state index contributed by atoms with van der Waals surface area (Å²) < 4.78 is 6.46. The average Bonchev–Trinajstić information content (AvgIpc) is 2.16. The highest BCUT2D eigenvalue weighted by atomic mass is 28.3. The molecule has 0 aliphatic rings. The fourth-order valence-corrected chi connectivity index (χ4v) is 5.68. The monoisotopic (exact) mass is 263 g/mol. The summed E-state index contributed by atoms with van der Waals surface area (Å²) in [6, 6.07) is 6.33. The predicted octanol–water partition coefficient (Wildman–Crippen LogP) is 5.27. The number of hydrogen-bond acceptors (Lipinski definition) is 1. The molecule has 0 amide bonds. The highest BCUT2D eigenvalue weighted by Gasteiger charge is 2.41. The van der Waals surface area contributed by atoms with Crippen LogP contribution in [0.4, 0.5) is 0 Å². The first-order valence-corrected chi connectivity index (χ1v) is 8.06. The molecule has 0 spiro atoms. The topological polar surface area (TPSA) is 9.23 Å². The Morgan fingerprint density at radius 1 is 0.889 bits per heavy atom. The van der Waals surface area contributed by atoms with E-state index in [1.54, 1.807) is 0 Å². The molecular formula is C16H27OSi. The standard InChI is InChI=1S/C16H27OSi/c1-12-10-9-11-14(13(12)2)17-18(15(3,4)5)16(6,7)8/h9-11H,1-8H3. The molecule has 18 heavy (non-hydrogen) atoms. The van der Waals surface area contributed by atoms with Crippen LogP contribution in [0.5, 0.6) is 5.75 Å². The molecule has 1 aromatic rings. The van der Waals surface area contributed by atoms with Gasteiger partial charge in [-0.25, -0.2) is 0 Å². The van der Waals surface area contributed by atoms with Gasteiger partial charge in [-0.05, 0) is 41.1 Å². The molecule has 0 N–H and O–H groups in total. The van der Waals surface area contributed by atoms with Gasteiger partial charge in [-0.15, -0.1) is 0 Å². The van der Waals surface area contributed by atoms with Gasteiger partial charge in [-0.2, -0.15) is 0 Å². The van der Waals surface area contributed by atoms with E-state index in [0.717, 1.165) is 5.75 Å². The lowest BCUT2D eigenvalue weighted by Gasteiger charge is -2.37. The number of rotatable bonds is 2. The van der Waals surface area contributed by atoms with Crippen molar-refractivity contribution in [3.8, 4) is 5.75 Å². The van der Waals surface area contributed by atoms with Crippen molar-refractivity contribution in [1.82, 2.24) is 0 Å². The minimum Gasteiger partial charge on any atom is -0.541 e. The summed E-state index contributed by atoms with van der Waals surface area (Å²) in [4.78, 5) is 0. The van der Waals surface area contributed by atoms with Gasteiger partial charge >= 0.3 is 0 Å². The maximum Gasteiger partial charge on any atom is 0.292 e. The molecule has 0 saturated heterocycles. The second kappa shape index (κ2) is 5.08. The van der Waals surface area contributed by atoms with Crippen molar-refractivity contribution >= 4 is 9.04 Å². The molecule has 0 unspecified atom stereocenters. The zero-order valence-electron chi connectivity index (χ0n) is 13.1. The zero-order chi connectivity index (χ0) is 14.1. The Labute approximate surface area is 114 Å². The highest BCUT2D eigenvalue weighted by molar-refractivity contribution is 6.59. The Hall–Kier alpha value is -0.763. The van der Waals surface area contributed by atoms with Gasteiger partial charge in [-0.1, -0.05) is 53.7 Å². The summed E-state index contributed by atoms with van der Waals surface area (Å²) >= 11 is 0. The average molecular weight is 263 g/mol. The van der Waals surface area contributed by atoms with E-state index in [1.807, 2.05) is 0 Å². The fraction of sp³-hybridized carbons (Fsp3) is 0.625. The van der Waals surface area contributed by atoms with Crippen LogP contribution in [0.15, 0.2) is 18.2 Å². The second-order valence-corrected chi connectivity index (χ2v) is 11.0. The van der Waals surface area contributed by atoms with E-state index >= 15 is 0 Å². The lowest BCUT2D eigenvalue weighted by atomic mass is 10.1. The summed E-state index contributed by atoms with van der Waals surface area (Å²) in [6.07, 6.45) is 0. The van der Waals surface area contributed by atoms with E-state index in [1.165, 1.54) is 11.1 Å². The highest BCUT2D eigenvalue weighted by Crippen LogP contribution is 2.43. The van der Waals surface area contributed by atoms with Crippen molar-refractivity contribution in [2.24, 2.45) is 0 Å². The van der Waals surface area contributed by atoms with Gasteiger partial charge in [0.05, 0.1) is 0 Å². The van der Waals surface area contributed by atoms with Crippen LogP contribution < -0.4 is 4.43 Å². The Kier molecular flexibility index (Phi) is 4.32. The van der Waals surface area contributed by atoms with Crippen LogP contribution >= 0.6 is 0 Å². The van der Waals surface area contributed by atoms with E-state index < -0.39 is 9.04 Å². The minimum absolute atomic E-state index is 0.221. The number of aryl methyl sites for hydroxylation is 1. The first kappa shape index (κ1) is 15.3. The Morgan fingerprint density at radius 2 is 1.39 bits per heavy atom. The summed E-state index contributed by atoms with van der Waals surface area (Å²) in [7, 11) is -0.967. The molecule has 0 aliphatic heterocycles. The van der Waals surface area contributed by atoms with Gasteiger partial charge in [0, 0.05) is 0 Å². The Bertz CT molecular complexity index is 396. The van der Waals surface area contributed by atoms with Crippen LogP contribution in [-0.4, -0.2) is 9.04 Å². The molecule has 0 heterocycles. The molecule has 101 valence electrons. The van der Waals surface area contributed by atoms with Crippen LogP contribution in [0.3, 0.4) is 0 Å². The van der Waals surface area contributed by atoms with Crippen LogP contribution in [0, 0.1) is 13.8 Å². The second-order valence-electron chi connectivity index (χ2n) is 7.13. The number of hydrogen-bond donors (Lipinski definition) is 0. The normalized spacial score (nSPS) is 12.9. The summed E-state index contributed by atoms with van der Waals surface area (Å²) in [6.45, 7) is 18.0. The molecule has 0 aliphatic carbocycles. The molecule has 0 saturated carbocycles. The third kappa shape index (κ3) is 3.61. The van der Waals surface area contributed by atoms with Gasteiger partial charge in [0.1, 0.15) is 5.75 Å². The number of benzene rings is 1. The van der Waals surface area contributed by atoms with Gasteiger partial charge in [0.25, 0.3) is 9.04 Å². The molecule has 1 radical (unpaired) electrons. The van der Waals surface area contributed by atoms with Crippen LogP contribution in [0.25, 0.3) is 0 Å². The van der Waals surface area contributed by atoms with E-state index in [9.17, 15) is 0 Å². The fourth-order valence-electron chi connectivity index (χ4n) is 2.38. The first-order chi connectivity index (χ1) is 8.03. The van der Waals surface area contributed by atoms with Crippen molar-refractivity contribution in [1.29, 1.82) is 0 Å². The van der Waals surface area contributed by atoms with Crippen LogP contribution in [0.1, 0.15) is 52.7 Å². The third-order valence-corrected chi connectivity index (χ3v) is 6.28. The molecular weight excluding hydrogens is 236 g/mol.